The third kappa shape index (κ3) is 3.58. The molecule has 1 unspecified atom stereocenters. The molecule has 18 heavy (non-hydrogen) atoms. The van der Waals surface area contributed by atoms with Crippen molar-refractivity contribution in [2.45, 2.75) is 19.5 Å². The van der Waals surface area contributed by atoms with Crippen LogP contribution in [0.25, 0.3) is 0 Å². The number of anilines is 1. The van der Waals surface area contributed by atoms with E-state index in [1.54, 1.807) is 37.1 Å². The van der Waals surface area contributed by atoms with Crippen LogP contribution in [0.4, 0.5) is 10.5 Å². The van der Waals surface area contributed by atoms with Crippen LogP contribution in [0.15, 0.2) is 43.2 Å². The fraction of sp³-hybridized carbons (Fsp3) is 0.250. The van der Waals surface area contributed by atoms with Gasteiger partial charge in [-0.2, -0.15) is 0 Å². The molecule has 6 nitrogen and oxygen atoms in total. The molecule has 0 aromatic carbocycles. The van der Waals surface area contributed by atoms with Crippen LogP contribution < -0.4 is 10.6 Å². The van der Waals surface area contributed by atoms with Crippen LogP contribution in [0, 0.1) is 0 Å². The van der Waals surface area contributed by atoms with Gasteiger partial charge in [-0.1, -0.05) is 0 Å². The second-order valence-corrected chi connectivity index (χ2v) is 4.00. The maximum atomic E-state index is 11.7. The van der Waals surface area contributed by atoms with E-state index in [1.807, 2.05) is 17.7 Å². The molecule has 0 fully saturated rings. The zero-order valence-corrected chi connectivity index (χ0v) is 10.1. The van der Waals surface area contributed by atoms with Crippen molar-refractivity contribution in [3.05, 3.63) is 43.2 Å². The van der Waals surface area contributed by atoms with Gasteiger partial charge in [-0.25, -0.2) is 9.78 Å². The third-order valence-corrected chi connectivity index (χ3v) is 2.34. The van der Waals surface area contributed by atoms with E-state index in [0.29, 0.717) is 12.2 Å². The Morgan fingerprint density at radius 3 is 3.00 bits per heavy atom. The fourth-order valence-electron chi connectivity index (χ4n) is 1.58. The Bertz CT molecular complexity index is 482. The first kappa shape index (κ1) is 12.1. The molecule has 0 aliphatic rings. The monoisotopic (exact) mass is 245 g/mol. The normalized spacial score (nSPS) is 11.8. The molecular formula is C12H15N5O. The number of nitrogens with one attached hydrogen (secondary N) is 2. The van der Waals surface area contributed by atoms with Gasteiger partial charge in [0.2, 0.25) is 0 Å². The molecule has 2 amide bonds. The first-order valence-electron chi connectivity index (χ1n) is 5.67. The van der Waals surface area contributed by atoms with Crippen molar-refractivity contribution in [2.24, 2.45) is 0 Å². The standard InChI is InChI=1S/C12H15N5O/c1-10(8-17-6-5-14-9-17)15-12(18)16-11-3-2-4-13-7-11/h2-7,9-10H,8H2,1H3,(H2,15,16,18). The van der Waals surface area contributed by atoms with Gasteiger partial charge in [-0.3, -0.25) is 4.98 Å². The van der Waals surface area contributed by atoms with Crippen molar-refractivity contribution in [3.8, 4) is 0 Å². The zero-order valence-electron chi connectivity index (χ0n) is 10.1. The summed E-state index contributed by atoms with van der Waals surface area (Å²) in [6.45, 7) is 2.61. The molecular weight excluding hydrogens is 230 g/mol. The number of rotatable bonds is 4. The van der Waals surface area contributed by atoms with Crippen LogP contribution in [-0.4, -0.2) is 26.6 Å². The lowest BCUT2D eigenvalue weighted by atomic mass is 10.3. The van der Waals surface area contributed by atoms with E-state index < -0.39 is 0 Å². The van der Waals surface area contributed by atoms with Gasteiger partial charge in [-0.05, 0) is 19.1 Å². The van der Waals surface area contributed by atoms with Gasteiger partial charge in [0.15, 0.2) is 0 Å². The first-order chi connectivity index (χ1) is 8.74. The maximum absolute atomic E-state index is 11.7. The minimum Gasteiger partial charge on any atom is -0.335 e. The summed E-state index contributed by atoms with van der Waals surface area (Å²) in [5.41, 5.74) is 0.671. The minimum absolute atomic E-state index is 0.0101. The summed E-state index contributed by atoms with van der Waals surface area (Å²) >= 11 is 0. The van der Waals surface area contributed by atoms with Crippen molar-refractivity contribution in [1.29, 1.82) is 0 Å². The molecule has 0 saturated carbocycles. The van der Waals surface area contributed by atoms with Gasteiger partial charge in [0.05, 0.1) is 18.2 Å². The Hall–Kier alpha value is -2.37. The van der Waals surface area contributed by atoms with Crippen LogP contribution in [0.3, 0.4) is 0 Å². The van der Waals surface area contributed by atoms with Gasteiger partial charge in [0.25, 0.3) is 0 Å². The Kier molecular flexibility index (Phi) is 3.90. The Morgan fingerprint density at radius 1 is 1.44 bits per heavy atom. The van der Waals surface area contributed by atoms with Crippen molar-refractivity contribution < 1.29 is 4.79 Å². The first-order valence-corrected chi connectivity index (χ1v) is 5.67. The topological polar surface area (TPSA) is 71.8 Å². The summed E-state index contributed by atoms with van der Waals surface area (Å²) in [6, 6.07) is 3.32. The van der Waals surface area contributed by atoms with Crippen LogP contribution in [0.5, 0.6) is 0 Å². The van der Waals surface area contributed by atoms with Crippen molar-refractivity contribution in [2.75, 3.05) is 5.32 Å². The molecule has 0 aliphatic heterocycles. The molecule has 0 bridgehead atoms. The van der Waals surface area contributed by atoms with E-state index in [-0.39, 0.29) is 12.1 Å². The average molecular weight is 245 g/mol. The van der Waals surface area contributed by atoms with E-state index in [0.717, 1.165) is 0 Å². The van der Waals surface area contributed by atoms with Crippen LogP contribution in [-0.2, 0) is 6.54 Å². The molecule has 0 radical (unpaired) electrons. The van der Waals surface area contributed by atoms with Crippen molar-refractivity contribution in [1.82, 2.24) is 19.9 Å². The number of urea groups is 1. The summed E-state index contributed by atoms with van der Waals surface area (Å²) in [5.74, 6) is 0. The number of hydrogen-bond acceptors (Lipinski definition) is 3. The molecule has 94 valence electrons. The van der Waals surface area contributed by atoms with Crippen LogP contribution in [0.2, 0.25) is 0 Å². The Labute approximate surface area is 105 Å². The molecule has 2 aromatic heterocycles. The molecule has 0 saturated heterocycles. The Morgan fingerprint density at radius 2 is 2.33 bits per heavy atom. The summed E-state index contributed by atoms with van der Waals surface area (Å²) in [4.78, 5) is 19.5. The highest BCUT2D eigenvalue weighted by Crippen LogP contribution is 2.02. The second kappa shape index (κ2) is 5.81. The lowest BCUT2D eigenvalue weighted by Crippen LogP contribution is -2.38. The molecule has 2 rings (SSSR count). The quantitative estimate of drug-likeness (QED) is 0.857. The smallest absolute Gasteiger partial charge is 0.319 e. The predicted molar refractivity (Wildman–Crippen MR) is 68.1 cm³/mol. The molecule has 0 aliphatic carbocycles. The van der Waals surface area contributed by atoms with Gasteiger partial charge in [0, 0.05) is 31.2 Å². The largest absolute Gasteiger partial charge is 0.335 e. The molecule has 0 spiro atoms. The SMILES string of the molecule is CC(Cn1ccnc1)NC(=O)Nc1cccnc1. The second-order valence-electron chi connectivity index (χ2n) is 4.00. The summed E-state index contributed by atoms with van der Waals surface area (Å²) < 4.78 is 1.91. The summed E-state index contributed by atoms with van der Waals surface area (Å²) in [6.07, 6.45) is 8.54. The predicted octanol–water partition coefficient (Wildman–Crippen LogP) is 1.49. The summed E-state index contributed by atoms with van der Waals surface area (Å²) in [5, 5.41) is 5.56. The van der Waals surface area contributed by atoms with Gasteiger partial charge >= 0.3 is 6.03 Å². The number of imidazole rings is 1. The van der Waals surface area contributed by atoms with E-state index in [9.17, 15) is 4.79 Å². The van der Waals surface area contributed by atoms with E-state index in [4.69, 9.17) is 0 Å². The fourth-order valence-corrected chi connectivity index (χ4v) is 1.58. The van der Waals surface area contributed by atoms with Crippen molar-refractivity contribution in [3.63, 3.8) is 0 Å². The number of carbonyl (C=O) groups excluding carboxylic acids is 1. The van der Waals surface area contributed by atoms with Gasteiger partial charge in [0.1, 0.15) is 0 Å². The number of hydrogen-bond donors (Lipinski definition) is 2. The molecule has 2 aromatic rings. The third-order valence-electron chi connectivity index (χ3n) is 2.34. The number of carbonyl (C=O) groups is 1. The highest BCUT2D eigenvalue weighted by molar-refractivity contribution is 5.89. The van der Waals surface area contributed by atoms with E-state index >= 15 is 0 Å². The summed E-state index contributed by atoms with van der Waals surface area (Å²) in [7, 11) is 0. The van der Waals surface area contributed by atoms with Crippen LogP contribution in [0.1, 0.15) is 6.92 Å². The molecule has 2 heterocycles. The molecule has 2 N–H and O–H groups in total. The number of aromatic nitrogens is 3. The number of pyridine rings is 1. The highest BCUT2D eigenvalue weighted by atomic mass is 16.2. The van der Waals surface area contributed by atoms with E-state index in [1.165, 1.54) is 0 Å². The van der Waals surface area contributed by atoms with E-state index in [2.05, 4.69) is 20.6 Å². The highest BCUT2D eigenvalue weighted by Gasteiger charge is 2.07. The molecule has 6 heteroatoms. The molecule has 1 atom stereocenters. The minimum atomic E-state index is -0.240. The average Bonchev–Trinajstić information content (AvgIpc) is 2.82. The van der Waals surface area contributed by atoms with Gasteiger partial charge in [-0.15, -0.1) is 0 Å². The number of nitrogens with zero attached hydrogens (tertiary/aromatic N) is 3. The maximum Gasteiger partial charge on any atom is 0.319 e. The van der Waals surface area contributed by atoms with Gasteiger partial charge < -0.3 is 15.2 Å². The zero-order chi connectivity index (χ0) is 12.8. The lowest BCUT2D eigenvalue weighted by molar-refractivity contribution is 0.248. The lowest BCUT2D eigenvalue weighted by Gasteiger charge is -2.14. The van der Waals surface area contributed by atoms with Crippen molar-refractivity contribution >= 4 is 11.7 Å². The van der Waals surface area contributed by atoms with Crippen LogP contribution >= 0.6 is 0 Å². The Balaban J connectivity index is 1.80. The number of amides is 2.